The van der Waals surface area contributed by atoms with Crippen LogP contribution in [-0.2, 0) is 4.52 Å². The highest BCUT2D eigenvalue weighted by atomic mass is 35.7. The summed E-state index contributed by atoms with van der Waals surface area (Å²) in [7, 11) is -0.768. The summed E-state index contributed by atoms with van der Waals surface area (Å²) in [6.45, 7) is 6.29. The first-order valence-corrected chi connectivity index (χ1v) is 5.73. The van der Waals surface area contributed by atoms with Gasteiger partial charge in [0.1, 0.15) is 0 Å². The molecule has 1 aliphatic heterocycles. The summed E-state index contributed by atoms with van der Waals surface area (Å²) in [6, 6.07) is 0. The van der Waals surface area contributed by atoms with Crippen molar-refractivity contribution in [1.82, 2.24) is 4.67 Å². The highest BCUT2D eigenvalue weighted by molar-refractivity contribution is 7.78. The zero-order chi connectivity index (χ0) is 7.56. The molecule has 0 radical (unpaired) electrons. The molecule has 0 aromatic heterocycles. The molecule has 0 aromatic rings. The van der Waals surface area contributed by atoms with Crippen LogP contribution in [0.1, 0.15) is 20.3 Å². The standard InChI is InChI=1S/C6H13ClNOP/c1-3-4-8-5-6(2)9-10(8)7/h6H,3-5H2,1-2H3. The van der Waals surface area contributed by atoms with Crippen molar-refractivity contribution >= 4 is 18.9 Å². The Hall–Kier alpha value is 0.640. The highest BCUT2D eigenvalue weighted by Crippen LogP contribution is 2.52. The zero-order valence-electron chi connectivity index (χ0n) is 6.38. The Morgan fingerprint density at radius 1 is 1.80 bits per heavy atom. The molecule has 0 aliphatic carbocycles. The first-order chi connectivity index (χ1) is 4.74. The molecule has 2 nitrogen and oxygen atoms in total. The van der Waals surface area contributed by atoms with Crippen LogP contribution in [0.2, 0.25) is 0 Å². The van der Waals surface area contributed by atoms with Crippen molar-refractivity contribution in [1.29, 1.82) is 0 Å². The summed E-state index contributed by atoms with van der Waals surface area (Å²) in [5.41, 5.74) is 0. The van der Waals surface area contributed by atoms with Gasteiger partial charge in [-0.25, -0.2) is 4.67 Å². The maximum absolute atomic E-state index is 5.92. The molecular weight excluding hydrogens is 168 g/mol. The molecule has 1 heterocycles. The minimum absolute atomic E-state index is 0.329. The van der Waals surface area contributed by atoms with Gasteiger partial charge in [0.2, 0.25) is 7.65 Å². The summed E-state index contributed by atoms with van der Waals surface area (Å²) in [5, 5.41) is 0. The minimum atomic E-state index is -0.768. The van der Waals surface area contributed by atoms with E-state index < -0.39 is 7.65 Å². The molecule has 60 valence electrons. The van der Waals surface area contributed by atoms with E-state index in [4.69, 9.17) is 15.8 Å². The van der Waals surface area contributed by atoms with Crippen LogP contribution in [-0.4, -0.2) is 23.9 Å². The lowest BCUT2D eigenvalue weighted by Crippen LogP contribution is -2.17. The SMILES string of the molecule is CCCN1CC(C)OP1Cl. The first-order valence-electron chi connectivity index (χ1n) is 3.61. The molecule has 2 atom stereocenters. The van der Waals surface area contributed by atoms with Crippen LogP contribution in [0.15, 0.2) is 0 Å². The summed E-state index contributed by atoms with van der Waals surface area (Å²) in [5.74, 6) is 0. The van der Waals surface area contributed by atoms with E-state index >= 15 is 0 Å². The molecule has 0 spiro atoms. The van der Waals surface area contributed by atoms with Gasteiger partial charge in [-0.3, -0.25) is 0 Å². The Morgan fingerprint density at radius 2 is 2.50 bits per heavy atom. The van der Waals surface area contributed by atoms with Gasteiger partial charge >= 0.3 is 0 Å². The van der Waals surface area contributed by atoms with Gasteiger partial charge in [-0.15, -0.1) is 0 Å². The normalized spacial score (nSPS) is 35.1. The second-order valence-corrected chi connectivity index (χ2v) is 4.65. The number of halogens is 1. The van der Waals surface area contributed by atoms with Gasteiger partial charge in [-0.2, -0.15) is 0 Å². The van der Waals surface area contributed by atoms with Crippen LogP contribution in [0.3, 0.4) is 0 Å². The van der Waals surface area contributed by atoms with Crippen molar-refractivity contribution in [3.8, 4) is 0 Å². The minimum Gasteiger partial charge on any atom is -0.327 e. The van der Waals surface area contributed by atoms with Gasteiger partial charge in [-0.1, -0.05) is 6.92 Å². The largest absolute Gasteiger partial charge is 0.327 e. The van der Waals surface area contributed by atoms with Gasteiger partial charge in [0.05, 0.1) is 6.10 Å². The lowest BCUT2D eigenvalue weighted by molar-refractivity contribution is 0.280. The molecule has 1 aliphatic rings. The maximum Gasteiger partial charge on any atom is 0.207 e. The Labute approximate surface area is 68.2 Å². The number of nitrogens with zero attached hydrogens (tertiary/aromatic N) is 1. The van der Waals surface area contributed by atoms with Gasteiger partial charge in [0.15, 0.2) is 0 Å². The predicted molar refractivity (Wildman–Crippen MR) is 45.2 cm³/mol. The summed E-state index contributed by atoms with van der Waals surface area (Å²) < 4.78 is 7.59. The molecule has 0 saturated carbocycles. The third-order valence-corrected chi connectivity index (χ3v) is 3.66. The molecule has 2 unspecified atom stereocenters. The van der Waals surface area contributed by atoms with Gasteiger partial charge in [0, 0.05) is 13.1 Å². The van der Waals surface area contributed by atoms with Crippen molar-refractivity contribution in [3.63, 3.8) is 0 Å². The molecule has 10 heavy (non-hydrogen) atoms. The Kier molecular flexibility index (Phi) is 3.38. The van der Waals surface area contributed by atoms with Crippen LogP contribution in [0.25, 0.3) is 0 Å². The van der Waals surface area contributed by atoms with Crippen LogP contribution >= 0.6 is 18.9 Å². The van der Waals surface area contributed by atoms with E-state index in [0.29, 0.717) is 6.10 Å². The van der Waals surface area contributed by atoms with Gasteiger partial charge < -0.3 is 4.52 Å². The average molecular weight is 182 g/mol. The van der Waals surface area contributed by atoms with E-state index in [1.807, 2.05) is 0 Å². The Morgan fingerprint density at radius 3 is 2.90 bits per heavy atom. The van der Waals surface area contributed by atoms with Crippen LogP contribution in [0.5, 0.6) is 0 Å². The third kappa shape index (κ3) is 2.06. The second kappa shape index (κ2) is 3.87. The number of hydrogen-bond acceptors (Lipinski definition) is 2. The topological polar surface area (TPSA) is 12.5 Å². The fourth-order valence-corrected chi connectivity index (χ4v) is 3.07. The summed E-state index contributed by atoms with van der Waals surface area (Å²) in [6.07, 6.45) is 1.48. The first kappa shape index (κ1) is 8.73. The van der Waals surface area contributed by atoms with E-state index in [1.54, 1.807) is 0 Å². The second-order valence-electron chi connectivity index (χ2n) is 2.55. The van der Waals surface area contributed by atoms with Crippen molar-refractivity contribution in [2.75, 3.05) is 13.1 Å². The Balaban J connectivity index is 2.31. The van der Waals surface area contributed by atoms with Crippen molar-refractivity contribution in [2.24, 2.45) is 0 Å². The molecule has 0 amide bonds. The molecule has 1 saturated heterocycles. The molecule has 4 heteroatoms. The van der Waals surface area contributed by atoms with Crippen molar-refractivity contribution in [3.05, 3.63) is 0 Å². The number of hydrogen-bond donors (Lipinski definition) is 0. The van der Waals surface area contributed by atoms with Crippen molar-refractivity contribution < 1.29 is 4.52 Å². The predicted octanol–water partition coefficient (Wildman–Crippen LogP) is 2.58. The van der Waals surface area contributed by atoms with Crippen LogP contribution in [0, 0.1) is 0 Å². The van der Waals surface area contributed by atoms with Gasteiger partial charge in [-0.05, 0) is 24.6 Å². The van der Waals surface area contributed by atoms with E-state index in [9.17, 15) is 0 Å². The zero-order valence-corrected chi connectivity index (χ0v) is 8.03. The maximum atomic E-state index is 5.92. The number of rotatable bonds is 2. The Bertz CT molecular complexity index is 114. The fraction of sp³-hybridized carbons (Fsp3) is 1.00. The third-order valence-electron chi connectivity index (χ3n) is 1.44. The van der Waals surface area contributed by atoms with E-state index in [1.165, 1.54) is 0 Å². The van der Waals surface area contributed by atoms with E-state index in [0.717, 1.165) is 19.5 Å². The molecule has 1 fully saturated rings. The van der Waals surface area contributed by atoms with E-state index in [-0.39, 0.29) is 0 Å². The monoisotopic (exact) mass is 181 g/mol. The quantitative estimate of drug-likeness (QED) is 0.608. The molecule has 0 aromatic carbocycles. The van der Waals surface area contributed by atoms with Crippen molar-refractivity contribution in [2.45, 2.75) is 26.4 Å². The summed E-state index contributed by atoms with van der Waals surface area (Å²) >= 11 is 5.92. The lowest BCUT2D eigenvalue weighted by Gasteiger charge is -2.13. The smallest absolute Gasteiger partial charge is 0.207 e. The molecular formula is C6H13ClNOP. The summed E-state index contributed by atoms with van der Waals surface area (Å²) in [4.78, 5) is 0. The van der Waals surface area contributed by atoms with E-state index in [2.05, 4.69) is 18.5 Å². The average Bonchev–Trinajstić information content (AvgIpc) is 2.13. The molecule has 0 N–H and O–H groups in total. The van der Waals surface area contributed by atoms with Crippen LogP contribution in [0.4, 0.5) is 0 Å². The lowest BCUT2D eigenvalue weighted by atomic mass is 10.4. The molecule has 0 bridgehead atoms. The van der Waals surface area contributed by atoms with Gasteiger partial charge in [0.25, 0.3) is 0 Å². The fourth-order valence-electron chi connectivity index (χ4n) is 1.04. The van der Waals surface area contributed by atoms with Crippen LogP contribution < -0.4 is 0 Å². The highest BCUT2D eigenvalue weighted by Gasteiger charge is 2.28. The molecule has 1 rings (SSSR count).